The van der Waals surface area contributed by atoms with E-state index in [1.807, 2.05) is 7.05 Å². The monoisotopic (exact) mass is 291 g/mol. The highest BCUT2D eigenvalue weighted by molar-refractivity contribution is 5.55. The van der Waals surface area contributed by atoms with Gasteiger partial charge in [0.1, 0.15) is 0 Å². The third-order valence-electron chi connectivity index (χ3n) is 4.60. The molecule has 5 nitrogen and oxygen atoms in total. The lowest BCUT2D eigenvalue weighted by molar-refractivity contribution is -0.384. The Kier molecular flexibility index (Phi) is 5.17. The molecule has 0 heterocycles. The Labute approximate surface area is 126 Å². The van der Waals surface area contributed by atoms with Gasteiger partial charge >= 0.3 is 0 Å². The van der Waals surface area contributed by atoms with Crippen molar-refractivity contribution in [3.8, 4) is 0 Å². The van der Waals surface area contributed by atoms with Crippen molar-refractivity contribution < 1.29 is 4.92 Å². The van der Waals surface area contributed by atoms with Crippen molar-refractivity contribution in [2.24, 2.45) is 5.92 Å². The van der Waals surface area contributed by atoms with Crippen molar-refractivity contribution >= 4 is 11.4 Å². The molecule has 1 aromatic carbocycles. The number of hydrogen-bond donors (Lipinski definition) is 1. The second-order valence-corrected chi connectivity index (χ2v) is 6.18. The van der Waals surface area contributed by atoms with Crippen LogP contribution in [0.3, 0.4) is 0 Å². The highest BCUT2D eigenvalue weighted by Crippen LogP contribution is 2.29. The third kappa shape index (κ3) is 3.94. The predicted molar refractivity (Wildman–Crippen MR) is 85.5 cm³/mol. The van der Waals surface area contributed by atoms with Crippen molar-refractivity contribution in [1.29, 1.82) is 0 Å². The van der Waals surface area contributed by atoms with Gasteiger partial charge in [-0.2, -0.15) is 0 Å². The van der Waals surface area contributed by atoms with Crippen LogP contribution in [0.1, 0.15) is 38.2 Å². The first kappa shape index (κ1) is 15.8. The molecular formula is C16H25N3O2. The minimum Gasteiger partial charge on any atom is -0.388 e. The molecule has 1 aromatic rings. The molecule has 0 aromatic heterocycles. The summed E-state index contributed by atoms with van der Waals surface area (Å²) in [5.74, 6) is 0.834. The number of nitro benzene ring substituents is 1. The molecule has 0 saturated heterocycles. The van der Waals surface area contributed by atoms with Crippen molar-refractivity contribution in [2.75, 3.05) is 19.4 Å². The zero-order chi connectivity index (χ0) is 15.4. The minimum atomic E-state index is -0.328. The number of hydrogen-bond acceptors (Lipinski definition) is 4. The summed E-state index contributed by atoms with van der Waals surface area (Å²) in [6.45, 7) is 3.06. The van der Waals surface area contributed by atoms with E-state index in [2.05, 4.69) is 24.2 Å². The number of benzene rings is 1. The first-order valence-electron chi connectivity index (χ1n) is 7.66. The molecule has 0 radical (unpaired) electrons. The zero-order valence-corrected chi connectivity index (χ0v) is 13.1. The lowest BCUT2D eigenvalue weighted by Crippen LogP contribution is -2.34. The molecule has 0 spiro atoms. The Balaban J connectivity index is 2.10. The summed E-state index contributed by atoms with van der Waals surface area (Å²) >= 11 is 0. The molecule has 1 fully saturated rings. The van der Waals surface area contributed by atoms with Crippen molar-refractivity contribution in [3.05, 3.63) is 33.9 Å². The smallest absolute Gasteiger partial charge is 0.269 e. The molecular weight excluding hydrogens is 266 g/mol. The summed E-state index contributed by atoms with van der Waals surface area (Å²) in [5.41, 5.74) is 2.12. The minimum absolute atomic E-state index is 0.162. The molecule has 1 aliphatic rings. The number of nitrogens with one attached hydrogen (secondary N) is 1. The molecule has 0 bridgehead atoms. The van der Waals surface area contributed by atoms with Crippen molar-refractivity contribution in [2.45, 2.75) is 45.2 Å². The maximum atomic E-state index is 10.9. The average molecular weight is 291 g/mol. The van der Waals surface area contributed by atoms with Gasteiger partial charge in [0, 0.05) is 37.5 Å². The first-order valence-corrected chi connectivity index (χ1v) is 7.66. The summed E-state index contributed by atoms with van der Waals surface area (Å²) in [4.78, 5) is 13.0. The third-order valence-corrected chi connectivity index (χ3v) is 4.60. The van der Waals surface area contributed by atoms with Crippen LogP contribution in [0.5, 0.6) is 0 Å². The normalized spacial score (nSPS) is 22.3. The maximum absolute atomic E-state index is 10.9. The molecule has 1 N–H and O–H groups in total. The molecule has 0 amide bonds. The highest BCUT2D eigenvalue weighted by atomic mass is 16.6. The van der Waals surface area contributed by atoms with E-state index in [-0.39, 0.29) is 10.6 Å². The van der Waals surface area contributed by atoms with E-state index in [1.54, 1.807) is 18.2 Å². The Morgan fingerprint density at radius 2 is 2.00 bits per heavy atom. The summed E-state index contributed by atoms with van der Waals surface area (Å²) < 4.78 is 0. The van der Waals surface area contributed by atoms with E-state index >= 15 is 0 Å². The molecule has 2 rings (SSSR count). The first-order chi connectivity index (χ1) is 10.0. The Morgan fingerprint density at radius 3 is 2.57 bits per heavy atom. The zero-order valence-electron chi connectivity index (χ0n) is 13.1. The maximum Gasteiger partial charge on any atom is 0.269 e. The second-order valence-electron chi connectivity index (χ2n) is 6.18. The van der Waals surface area contributed by atoms with E-state index in [0.717, 1.165) is 23.7 Å². The number of nitrogens with zero attached hydrogens (tertiary/aromatic N) is 2. The van der Waals surface area contributed by atoms with Crippen LogP contribution in [0.15, 0.2) is 18.2 Å². The van der Waals surface area contributed by atoms with Gasteiger partial charge in [-0.25, -0.2) is 0 Å². The Bertz CT molecular complexity index is 496. The van der Waals surface area contributed by atoms with Gasteiger partial charge in [0.15, 0.2) is 0 Å². The van der Waals surface area contributed by atoms with Crippen molar-refractivity contribution in [3.63, 3.8) is 0 Å². The highest BCUT2D eigenvalue weighted by Gasteiger charge is 2.22. The lowest BCUT2D eigenvalue weighted by Gasteiger charge is -2.34. The van der Waals surface area contributed by atoms with Gasteiger partial charge in [0.25, 0.3) is 5.69 Å². The SMILES string of the molecule is CNc1ccc([N+](=O)[O-])cc1CN(C)C1CCC(C)CC1. The molecule has 0 atom stereocenters. The molecule has 5 heteroatoms. The van der Waals surface area contributed by atoms with Crippen LogP contribution in [-0.4, -0.2) is 30.0 Å². The summed E-state index contributed by atoms with van der Waals surface area (Å²) in [6.07, 6.45) is 5.01. The summed E-state index contributed by atoms with van der Waals surface area (Å²) in [6, 6.07) is 5.63. The molecule has 1 aliphatic carbocycles. The van der Waals surface area contributed by atoms with Crippen LogP contribution in [0.4, 0.5) is 11.4 Å². The standard InChI is InChI=1S/C16H25N3O2/c1-12-4-6-14(7-5-12)18(3)11-13-10-15(19(20)21)8-9-16(13)17-2/h8-10,12,14,17H,4-7,11H2,1-3H3. The van der Waals surface area contributed by atoms with E-state index in [4.69, 9.17) is 0 Å². The number of nitro groups is 1. The van der Waals surface area contributed by atoms with Crippen LogP contribution in [0.25, 0.3) is 0 Å². The fourth-order valence-corrected chi connectivity index (χ4v) is 3.15. The van der Waals surface area contributed by atoms with Gasteiger partial charge in [0.2, 0.25) is 0 Å². The van der Waals surface area contributed by atoms with Crippen LogP contribution in [0, 0.1) is 16.0 Å². The topological polar surface area (TPSA) is 58.4 Å². The molecule has 1 saturated carbocycles. The largest absolute Gasteiger partial charge is 0.388 e. The average Bonchev–Trinajstić information content (AvgIpc) is 2.47. The molecule has 0 unspecified atom stereocenters. The summed E-state index contributed by atoms with van der Waals surface area (Å²) in [7, 11) is 3.98. The number of non-ortho nitro benzene ring substituents is 1. The second kappa shape index (κ2) is 6.89. The van der Waals surface area contributed by atoms with Gasteiger partial charge in [-0.3, -0.25) is 15.0 Å². The van der Waals surface area contributed by atoms with Crippen molar-refractivity contribution in [1.82, 2.24) is 4.90 Å². The van der Waals surface area contributed by atoms with E-state index < -0.39 is 0 Å². The number of anilines is 1. The van der Waals surface area contributed by atoms with Gasteiger partial charge < -0.3 is 5.32 Å². The Hall–Kier alpha value is -1.62. The van der Waals surface area contributed by atoms with E-state index in [9.17, 15) is 10.1 Å². The summed E-state index contributed by atoms with van der Waals surface area (Å²) in [5, 5.41) is 14.1. The molecule has 0 aliphatic heterocycles. The fraction of sp³-hybridized carbons (Fsp3) is 0.625. The van der Waals surface area contributed by atoms with Crippen LogP contribution >= 0.6 is 0 Å². The van der Waals surface area contributed by atoms with Crippen LogP contribution in [0.2, 0.25) is 0 Å². The predicted octanol–water partition coefficient (Wildman–Crippen LogP) is 3.65. The quantitative estimate of drug-likeness (QED) is 0.664. The van der Waals surface area contributed by atoms with Crippen LogP contribution in [-0.2, 0) is 6.54 Å². The molecule has 21 heavy (non-hydrogen) atoms. The van der Waals surface area contributed by atoms with Crippen LogP contribution < -0.4 is 5.32 Å². The van der Waals surface area contributed by atoms with Gasteiger partial charge in [-0.05, 0) is 50.3 Å². The Morgan fingerprint density at radius 1 is 1.33 bits per heavy atom. The van der Waals surface area contributed by atoms with Gasteiger partial charge in [0.05, 0.1) is 4.92 Å². The number of rotatable bonds is 5. The molecule has 116 valence electrons. The van der Waals surface area contributed by atoms with Gasteiger partial charge in [-0.1, -0.05) is 6.92 Å². The fourth-order valence-electron chi connectivity index (χ4n) is 3.15. The van der Waals surface area contributed by atoms with E-state index in [1.165, 1.54) is 25.7 Å². The van der Waals surface area contributed by atoms with Gasteiger partial charge in [-0.15, -0.1) is 0 Å². The lowest BCUT2D eigenvalue weighted by atomic mass is 9.86. The van der Waals surface area contributed by atoms with E-state index in [0.29, 0.717) is 6.04 Å².